The van der Waals surface area contributed by atoms with Gasteiger partial charge in [0, 0.05) is 18.3 Å². The predicted molar refractivity (Wildman–Crippen MR) is 75.2 cm³/mol. The second kappa shape index (κ2) is 5.83. The predicted octanol–water partition coefficient (Wildman–Crippen LogP) is 2.88. The first-order valence-corrected chi connectivity index (χ1v) is 6.00. The van der Waals surface area contributed by atoms with Gasteiger partial charge in [-0.3, -0.25) is 4.79 Å². The quantitative estimate of drug-likeness (QED) is 0.784. The fourth-order valence-corrected chi connectivity index (χ4v) is 1.81. The van der Waals surface area contributed by atoms with Gasteiger partial charge in [-0.1, -0.05) is 30.3 Å². The van der Waals surface area contributed by atoms with Crippen LogP contribution in [-0.4, -0.2) is 19.4 Å². The number of para-hydroxylation sites is 1. The van der Waals surface area contributed by atoms with Crippen LogP contribution in [0.2, 0.25) is 0 Å². The van der Waals surface area contributed by atoms with Crippen molar-refractivity contribution in [1.82, 2.24) is 0 Å². The first-order chi connectivity index (χ1) is 9.20. The summed E-state index contributed by atoms with van der Waals surface area (Å²) in [5, 5.41) is 8.72. The molecule has 0 aliphatic carbocycles. The van der Waals surface area contributed by atoms with E-state index < -0.39 is 0 Å². The first kappa shape index (κ1) is 12.8. The highest BCUT2D eigenvalue weighted by molar-refractivity contribution is 5.99. The molecule has 2 aromatic rings. The molecule has 0 spiro atoms. The molecular formula is C16H14N2O. The average Bonchev–Trinajstić information content (AvgIpc) is 2.48. The third-order valence-corrected chi connectivity index (χ3v) is 2.91. The summed E-state index contributed by atoms with van der Waals surface area (Å²) in [7, 11) is 1.89. The van der Waals surface area contributed by atoms with Gasteiger partial charge < -0.3 is 4.90 Å². The van der Waals surface area contributed by atoms with Gasteiger partial charge in [-0.2, -0.15) is 5.26 Å². The minimum absolute atomic E-state index is 0.0378. The smallest absolute Gasteiger partial charge is 0.182 e. The third kappa shape index (κ3) is 3.20. The second-order valence-corrected chi connectivity index (χ2v) is 4.30. The Morgan fingerprint density at radius 3 is 2.32 bits per heavy atom. The molecule has 19 heavy (non-hydrogen) atoms. The Hall–Kier alpha value is -2.60. The fraction of sp³-hybridized carbons (Fsp3) is 0.125. The molecule has 0 aromatic heterocycles. The van der Waals surface area contributed by atoms with Crippen molar-refractivity contribution in [2.24, 2.45) is 0 Å². The van der Waals surface area contributed by atoms with Crippen LogP contribution in [-0.2, 0) is 0 Å². The zero-order chi connectivity index (χ0) is 13.7. The number of rotatable bonds is 4. The number of hydrogen-bond acceptors (Lipinski definition) is 3. The van der Waals surface area contributed by atoms with E-state index in [4.69, 9.17) is 5.26 Å². The molecule has 0 bridgehead atoms. The summed E-state index contributed by atoms with van der Waals surface area (Å²) in [4.78, 5) is 14.0. The van der Waals surface area contributed by atoms with Gasteiger partial charge in [-0.25, -0.2) is 0 Å². The van der Waals surface area contributed by atoms with E-state index in [-0.39, 0.29) is 5.78 Å². The molecule has 2 aromatic carbocycles. The Morgan fingerprint density at radius 1 is 1.11 bits per heavy atom. The van der Waals surface area contributed by atoms with Crippen LogP contribution < -0.4 is 4.90 Å². The lowest BCUT2D eigenvalue weighted by molar-refractivity contribution is 0.100. The van der Waals surface area contributed by atoms with Gasteiger partial charge in [0.2, 0.25) is 0 Å². The number of carbonyl (C=O) groups is 1. The van der Waals surface area contributed by atoms with Crippen molar-refractivity contribution in [3.8, 4) is 6.07 Å². The van der Waals surface area contributed by atoms with Crippen LogP contribution in [0.1, 0.15) is 15.9 Å². The Bertz CT molecular complexity index is 597. The summed E-state index contributed by atoms with van der Waals surface area (Å²) >= 11 is 0. The van der Waals surface area contributed by atoms with Crippen molar-refractivity contribution >= 4 is 11.5 Å². The Morgan fingerprint density at radius 2 is 1.74 bits per heavy atom. The molecular weight excluding hydrogens is 236 g/mol. The van der Waals surface area contributed by atoms with Crippen molar-refractivity contribution < 1.29 is 4.79 Å². The normalized spacial score (nSPS) is 9.68. The summed E-state index contributed by atoms with van der Waals surface area (Å²) in [6.45, 7) is 0.315. The molecule has 0 aliphatic rings. The number of carbonyl (C=O) groups excluding carboxylic acids is 1. The van der Waals surface area contributed by atoms with Crippen LogP contribution in [0.25, 0.3) is 0 Å². The zero-order valence-corrected chi connectivity index (χ0v) is 10.7. The Balaban J connectivity index is 2.06. The molecule has 0 saturated heterocycles. The van der Waals surface area contributed by atoms with Crippen molar-refractivity contribution in [3.63, 3.8) is 0 Å². The summed E-state index contributed by atoms with van der Waals surface area (Å²) in [5.74, 6) is 0.0378. The number of Topliss-reactive ketones (excluding diaryl/α,β-unsaturated/α-hetero) is 1. The number of anilines is 1. The van der Waals surface area contributed by atoms with Gasteiger partial charge in [0.1, 0.15) is 0 Å². The molecule has 94 valence electrons. The molecule has 0 N–H and O–H groups in total. The van der Waals surface area contributed by atoms with Gasteiger partial charge in [0.05, 0.1) is 18.2 Å². The number of nitrogens with zero attached hydrogens (tertiary/aromatic N) is 2. The lowest BCUT2D eigenvalue weighted by Crippen LogP contribution is -2.25. The van der Waals surface area contributed by atoms with E-state index in [2.05, 4.69) is 0 Å². The van der Waals surface area contributed by atoms with E-state index in [1.54, 1.807) is 24.3 Å². The van der Waals surface area contributed by atoms with Gasteiger partial charge in [-0.05, 0) is 24.3 Å². The summed E-state index contributed by atoms with van der Waals surface area (Å²) in [6, 6.07) is 18.5. The van der Waals surface area contributed by atoms with Gasteiger partial charge in [0.25, 0.3) is 0 Å². The zero-order valence-electron chi connectivity index (χ0n) is 10.7. The molecule has 0 heterocycles. The van der Waals surface area contributed by atoms with Gasteiger partial charge in [0.15, 0.2) is 5.78 Å². The summed E-state index contributed by atoms with van der Waals surface area (Å²) < 4.78 is 0. The minimum atomic E-state index is 0.0378. The Kier molecular flexibility index (Phi) is 3.94. The average molecular weight is 250 g/mol. The fourth-order valence-electron chi connectivity index (χ4n) is 1.81. The maximum Gasteiger partial charge on any atom is 0.182 e. The number of ketones is 1. The van der Waals surface area contributed by atoms with Crippen molar-refractivity contribution in [3.05, 3.63) is 65.7 Å². The Labute approximate surface area is 112 Å². The number of likely N-dealkylation sites (N-methyl/N-ethyl adjacent to an activating group) is 1. The van der Waals surface area contributed by atoms with Crippen LogP contribution in [0.5, 0.6) is 0 Å². The monoisotopic (exact) mass is 250 g/mol. The number of hydrogen-bond donors (Lipinski definition) is 0. The third-order valence-electron chi connectivity index (χ3n) is 2.91. The highest BCUT2D eigenvalue weighted by Gasteiger charge is 2.09. The molecule has 0 unspecified atom stereocenters. The van der Waals surface area contributed by atoms with E-state index in [9.17, 15) is 4.79 Å². The van der Waals surface area contributed by atoms with E-state index in [1.807, 2.05) is 48.3 Å². The molecule has 0 amide bonds. The summed E-state index contributed by atoms with van der Waals surface area (Å²) in [5.41, 5.74) is 2.19. The standard InChI is InChI=1S/C16H14N2O/c1-18(15-5-3-2-4-6-15)12-16(19)14-9-7-13(11-17)8-10-14/h2-10H,12H2,1H3. The molecule has 0 radical (unpaired) electrons. The lowest BCUT2D eigenvalue weighted by Gasteiger charge is -2.18. The van der Waals surface area contributed by atoms with Crippen molar-refractivity contribution in [2.45, 2.75) is 0 Å². The molecule has 0 aliphatic heterocycles. The maximum atomic E-state index is 12.1. The number of nitriles is 1. The van der Waals surface area contributed by atoms with Crippen molar-refractivity contribution in [1.29, 1.82) is 5.26 Å². The van der Waals surface area contributed by atoms with Crippen LogP contribution in [0, 0.1) is 11.3 Å². The van der Waals surface area contributed by atoms with Crippen LogP contribution in [0.4, 0.5) is 5.69 Å². The van der Waals surface area contributed by atoms with E-state index in [1.165, 1.54) is 0 Å². The largest absolute Gasteiger partial charge is 0.367 e. The van der Waals surface area contributed by atoms with Crippen LogP contribution >= 0.6 is 0 Å². The van der Waals surface area contributed by atoms with Crippen LogP contribution in [0.15, 0.2) is 54.6 Å². The second-order valence-electron chi connectivity index (χ2n) is 4.30. The molecule has 3 heteroatoms. The van der Waals surface area contributed by atoms with Crippen molar-refractivity contribution in [2.75, 3.05) is 18.5 Å². The van der Waals surface area contributed by atoms with Gasteiger partial charge >= 0.3 is 0 Å². The topological polar surface area (TPSA) is 44.1 Å². The van der Waals surface area contributed by atoms with Gasteiger partial charge in [-0.15, -0.1) is 0 Å². The number of benzene rings is 2. The van der Waals surface area contributed by atoms with Crippen LogP contribution in [0.3, 0.4) is 0 Å². The minimum Gasteiger partial charge on any atom is -0.367 e. The lowest BCUT2D eigenvalue weighted by atomic mass is 10.1. The molecule has 0 atom stereocenters. The SMILES string of the molecule is CN(CC(=O)c1ccc(C#N)cc1)c1ccccc1. The highest BCUT2D eigenvalue weighted by Crippen LogP contribution is 2.12. The molecule has 0 saturated carbocycles. The molecule has 3 nitrogen and oxygen atoms in total. The molecule has 2 rings (SSSR count). The van der Waals surface area contributed by atoms with E-state index in [0.29, 0.717) is 17.7 Å². The van der Waals surface area contributed by atoms with E-state index >= 15 is 0 Å². The molecule has 0 fully saturated rings. The highest BCUT2D eigenvalue weighted by atomic mass is 16.1. The maximum absolute atomic E-state index is 12.1. The first-order valence-electron chi connectivity index (χ1n) is 6.00. The summed E-state index contributed by atoms with van der Waals surface area (Å²) in [6.07, 6.45) is 0. The van der Waals surface area contributed by atoms with E-state index in [0.717, 1.165) is 5.69 Å².